The van der Waals surface area contributed by atoms with Crippen molar-refractivity contribution in [3.63, 3.8) is 0 Å². The number of ether oxygens (including phenoxy) is 1. The van der Waals surface area contributed by atoms with Crippen molar-refractivity contribution in [1.29, 1.82) is 0 Å². The molecule has 0 bridgehead atoms. The van der Waals surface area contributed by atoms with Crippen molar-refractivity contribution >= 4 is 29.6 Å². The summed E-state index contributed by atoms with van der Waals surface area (Å²) in [5.74, 6) is 2.53. The Morgan fingerprint density at radius 3 is 2.87 bits per heavy atom. The van der Waals surface area contributed by atoms with Crippen molar-refractivity contribution < 1.29 is 9.53 Å². The summed E-state index contributed by atoms with van der Waals surface area (Å²) in [7, 11) is 1.47. The second kappa shape index (κ2) is 5.34. The van der Waals surface area contributed by atoms with Crippen LogP contribution in [0.4, 0.5) is 4.79 Å². The van der Waals surface area contributed by atoms with Gasteiger partial charge in [-0.3, -0.25) is 0 Å². The number of hydrogen-bond acceptors (Lipinski definition) is 4. The van der Waals surface area contributed by atoms with E-state index in [1.54, 1.807) is 0 Å². The molecule has 0 saturated carbocycles. The zero-order chi connectivity index (χ0) is 10.7. The second-order valence-corrected chi connectivity index (χ2v) is 6.79. The molecule has 86 valence electrons. The Morgan fingerprint density at radius 1 is 1.47 bits per heavy atom. The van der Waals surface area contributed by atoms with Gasteiger partial charge in [0, 0.05) is 24.1 Å². The van der Waals surface area contributed by atoms with Crippen LogP contribution in [0.3, 0.4) is 0 Å². The highest BCUT2D eigenvalue weighted by Crippen LogP contribution is 2.37. The van der Waals surface area contributed by atoms with Gasteiger partial charge in [0.25, 0.3) is 0 Å². The van der Waals surface area contributed by atoms with Crippen molar-refractivity contribution in [1.82, 2.24) is 4.90 Å². The molecule has 0 aromatic heterocycles. The fourth-order valence-corrected chi connectivity index (χ4v) is 5.18. The topological polar surface area (TPSA) is 29.5 Å². The second-order valence-electron chi connectivity index (χ2n) is 3.87. The Labute approximate surface area is 99.3 Å². The molecule has 15 heavy (non-hydrogen) atoms. The Bertz CT molecular complexity index is 231. The van der Waals surface area contributed by atoms with Gasteiger partial charge in [-0.1, -0.05) is 0 Å². The molecule has 2 rings (SSSR count). The molecule has 2 aliphatic heterocycles. The lowest BCUT2D eigenvalue weighted by Crippen LogP contribution is -2.36. The zero-order valence-corrected chi connectivity index (χ0v) is 10.6. The van der Waals surface area contributed by atoms with E-state index in [-0.39, 0.29) is 6.09 Å². The van der Waals surface area contributed by atoms with Gasteiger partial charge in [-0.15, -0.1) is 23.5 Å². The standard InChI is InChI=1S/C10H17NO2S2/c1-13-10(12)11-4-2-3-8(11)7-9-14-5-6-15-9/h8-9H,2-7H2,1H3. The SMILES string of the molecule is COC(=O)N1CCCC1CC1SCCS1. The molecule has 5 heteroatoms. The predicted octanol–water partition coefficient (Wildman–Crippen LogP) is 2.41. The van der Waals surface area contributed by atoms with E-state index in [0.717, 1.165) is 25.8 Å². The highest BCUT2D eigenvalue weighted by molar-refractivity contribution is 8.20. The summed E-state index contributed by atoms with van der Waals surface area (Å²) in [5.41, 5.74) is 0. The Morgan fingerprint density at radius 2 is 2.20 bits per heavy atom. The van der Waals surface area contributed by atoms with E-state index >= 15 is 0 Å². The molecule has 0 aromatic rings. The van der Waals surface area contributed by atoms with Gasteiger partial charge in [0.2, 0.25) is 0 Å². The van der Waals surface area contributed by atoms with Gasteiger partial charge < -0.3 is 9.64 Å². The number of likely N-dealkylation sites (tertiary alicyclic amines) is 1. The molecule has 2 saturated heterocycles. The van der Waals surface area contributed by atoms with Gasteiger partial charge >= 0.3 is 6.09 Å². The molecule has 0 N–H and O–H groups in total. The quantitative estimate of drug-likeness (QED) is 0.749. The van der Waals surface area contributed by atoms with E-state index in [0.29, 0.717) is 10.6 Å². The predicted molar refractivity (Wildman–Crippen MR) is 65.5 cm³/mol. The van der Waals surface area contributed by atoms with Gasteiger partial charge in [0.05, 0.1) is 11.7 Å². The smallest absolute Gasteiger partial charge is 0.409 e. The van der Waals surface area contributed by atoms with E-state index < -0.39 is 0 Å². The monoisotopic (exact) mass is 247 g/mol. The molecular formula is C10H17NO2S2. The maximum absolute atomic E-state index is 11.5. The molecular weight excluding hydrogens is 230 g/mol. The van der Waals surface area contributed by atoms with Gasteiger partial charge in [-0.05, 0) is 19.3 Å². The largest absolute Gasteiger partial charge is 0.453 e. The van der Waals surface area contributed by atoms with Crippen LogP contribution in [-0.2, 0) is 4.74 Å². The summed E-state index contributed by atoms with van der Waals surface area (Å²) in [5, 5.41) is 0. The molecule has 3 nitrogen and oxygen atoms in total. The maximum atomic E-state index is 11.5. The summed E-state index contributed by atoms with van der Waals surface area (Å²) >= 11 is 4.07. The molecule has 1 atom stereocenters. The van der Waals surface area contributed by atoms with Crippen LogP contribution >= 0.6 is 23.5 Å². The van der Waals surface area contributed by atoms with Crippen molar-refractivity contribution in [2.75, 3.05) is 25.2 Å². The highest BCUT2D eigenvalue weighted by Gasteiger charge is 2.32. The first kappa shape index (κ1) is 11.5. The lowest BCUT2D eigenvalue weighted by atomic mass is 10.2. The summed E-state index contributed by atoms with van der Waals surface area (Å²) in [6.07, 6.45) is 3.25. The number of carbonyl (C=O) groups excluding carboxylic acids is 1. The van der Waals surface area contributed by atoms with Crippen LogP contribution in [0.5, 0.6) is 0 Å². The number of methoxy groups -OCH3 is 1. The molecule has 0 radical (unpaired) electrons. The number of carbonyl (C=O) groups is 1. The van der Waals surface area contributed by atoms with Crippen molar-refractivity contribution in [2.45, 2.75) is 29.9 Å². The minimum atomic E-state index is -0.148. The van der Waals surface area contributed by atoms with Crippen LogP contribution in [0.25, 0.3) is 0 Å². The lowest BCUT2D eigenvalue weighted by Gasteiger charge is -2.24. The van der Waals surface area contributed by atoms with Gasteiger partial charge in [-0.25, -0.2) is 4.79 Å². The first-order valence-corrected chi connectivity index (χ1v) is 7.49. The van der Waals surface area contributed by atoms with Crippen molar-refractivity contribution in [3.8, 4) is 0 Å². The van der Waals surface area contributed by atoms with E-state index in [1.807, 2.05) is 28.4 Å². The number of thioether (sulfide) groups is 2. The average molecular weight is 247 g/mol. The highest BCUT2D eigenvalue weighted by atomic mass is 32.2. The third-order valence-electron chi connectivity index (χ3n) is 2.94. The first-order chi connectivity index (χ1) is 7.31. The molecule has 2 fully saturated rings. The molecule has 0 aromatic carbocycles. The van der Waals surface area contributed by atoms with E-state index in [2.05, 4.69) is 0 Å². The third-order valence-corrected chi connectivity index (χ3v) is 6.02. The Balaban J connectivity index is 1.86. The third kappa shape index (κ3) is 2.75. The zero-order valence-electron chi connectivity index (χ0n) is 8.98. The van der Waals surface area contributed by atoms with Crippen LogP contribution in [0, 0.1) is 0 Å². The van der Waals surface area contributed by atoms with Crippen LogP contribution in [0.1, 0.15) is 19.3 Å². The summed E-state index contributed by atoms with van der Waals surface area (Å²) < 4.78 is 5.50. The minimum absolute atomic E-state index is 0.148. The lowest BCUT2D eigenvalue weighted by molar-refractivity contribution is 0.118. The molecule has 0 aliphatic carbocycles. The number of rotatable bonds is 2. The molecule has 0 spiro atoms. The number of nitrogens with zero attached hydrogens (tertiary/aromatic N) is 1. The number of hydrogen-bond donors (Lipinski definition) is 0. The van der Waals surface area contributed by atoms with Crippen LogP contribution in [0.15, 0.2) is 0 Å². The maximum Gasteiger partial charge on any atom is 0.409 e. The molecule has 1 amide bonds. The van der Waals surface area contributed by atoms with Crippen molar-refractivity contribution in [3.05, 3.63) is 0 Å². The average Bonchev–Trinajstić information content (AvgIpc) is 2.88. The Hall–Kier alpha value is -0.0300. The first-order valence-electron chi connectivity index (χ1n) is 5.39. The molecule has 2 aliphatic rings. The fraction of sp³-hybridized carbons (Fsp3) is 0.900. The van der Waals surface area contributed by atoms with E-state index in [9.17, 15) is 4.79 Å². The van der Waals surface area contributed by atoms with Crippen LogP contribution < -0.4 is 0 Å². The summed E-state index contributed by atoms with van der Waals surface area (Å²) in [6.45, 7) is 0.874. The van der Waals surface area contributed by atoms with Gasteiger partial charge in [0.1, 0.15) is 0 Å². The normalized spacial score (nSPS) is 27.3. The molecule has 2 heterocycles. The molecule has 1 unspecified atom stereocenters. The Kier molecular flexibility index (Phi) is 4.08. The minimum Gasteiger partial charge on any atom is -0.453 e. The van der Waals surface area contributed by atoms with E-state index in [4.69, 9.17) is 4.74 Å². The number of amides is 1. The summed E-state index contributed by atoms with van der Waals surface area (Å²) in [6, 6.07) is 0.417. The van der Waals surface area contributed by atoms with Crippen LogP contribution in [-0.4, -0.2) is 46.8 Å². The van der Waals surface area contributed by atoms with Gasteiger partial charge in [0.15, 0.2) is 0 Å². The van der Waals surface area contributed by atoms with Crippen molar-refractivity contribution in [2.24, 2.45) is 0 Å². The fourth-order valence-electron chi connectivity index (χ4n) is 2.20. The summed E-state index contributed by atoms with van der Waals surface area (Å²) in [4.78, 5) is 13.4. The van der Waals surface area contributed by atoms with Crippen LogP contribution in [0.2, 0.25) is 0 Å². The van der Waals surface area contributed by atoms with Gasteiger partial charge in [-0.2, -0.15) is 0 Å². The van der Waals surface area contributed by atoms with E-state index in [1.165, 1.54) is 18.6 Å².